The van der Waals surface area contributed by atoms with Gasteiger partial charge in [0.05, 0.1) is 47.2 Å². The van der Waals surface area contributed by atoms with Gasteiger partial charge in [-0.3, -0.25) is 9.36 Å². The fourth-order valence-corrected chi connectivity index (χ4v) is 5.23. The molecule has 0 bridgehead atoms. The van der Waals surface area contributed by atoms with Gasteiger partial charge in [-0.2, -0.15) is 0 Å². The minimum atomic E-state index is -1.03. The number of carboxylic acids is 1. The molecule has 0 amide bonds. The number of carbonyl (C=O) groups excluding carboxylic acids is 1. The lowest BCUT2D eigenvalue weighted by Gasteiger charge is -2.25. The molecule has 0 fully saturated rings. The molecule has 0 spiro atoms. The molecule has 4 rings (SSSR count). The van der Waals surface area contributed by atoms with Gasteiger partial charge in [-0.05, 0) is 69.2 Å². The van der Waals surface area contributed by atoms with E-state index in [0.29, 0.717) is 37.7 Å². The van der Waals surface area contributed by atoms with Crippen LogP contribution in [0.2, 0.25) is 0 Å². The van der Waals surface area contributed by atoms with E-state index in [1.54, 1.807) is 50.3 Å². The minimum absolute atomic E-state index is 0.0748. The van der Waals surface area contributed by atoms with Crippen LogP contribution < -0.4 is 24.4 Å². The van der Waals surface area contributed by atoms with Crippen molar-refractivity contribution >= 4 is 29.4 Å². The number of allylic oxidation sites excluding steroid dienone is 1. The number of carboxylic acid groups (broad SMARTS) is 1. The lowest BCUT2D eigenvalue weighted by Crippen LogP contribution is -2.40. The number of fused-ring (bicyclic) bond motifs is 1. The molecule has 1 N–H and O–H groups in total. The lowest BCUT2D eigenvalue weighted by molar-refractivity contribution is -0.139. The smallest absolute Gasteiger partial charge is 0.338 e. The summed E-state index contributed by atoms with van der Waals surface area (Å²) in [4.78, 5) is 43.0. The number of aromatic nitrogens is 1. The fraction of sp³-hybridized carbons (Fsp3) is 0.286. The van der Waals surface area contributed by atoms with Crippen LogP contribution in [-0.4, -0.2) is 41.4 Å². The van der Waals surface area contributed by atoms with Gasteiger partial charge in [0, 0.05) is 0 Å². The van der Waals surface area contributed by atoms with Crippen molar-refractivity contribution in [3.63, 3.8) is 0 Å². The van der Waals surface area contributed by atoms with Crippen molar-refractivity contribution in [1.29, 1.82) is 0 Å². The van der Waals surface area contributed by atoms with Crippen LogP contribution in [0.1, 0.15) is 55.2 Å². The highest BCUT2D eigenvalue weighted by Gasteiger charge is 2.34. The number of hydrogen-bond donors (Lipinski definition) is 1. The van der Waals surface area contributed by atoms with E-state index in [9.17, 15) is 14.4 Å². The van der Waals surface area contributed by atoms with Crippen molar-refractivity contribution in [2.45, 2.75) is 39.8 Å². The van der Waals surface area contributed by atoms with Crippen LogP contribution in [0.5, 0.6) is 11.5 Å². The number of methoxy groups -OCH3 is 1. The van der Waals surface area contributed by atoms with E-state index in [-0.39, 0.29) is 29.4 Å². The summed E-state index contributed by atoms with van der Waals surface area (Å²) in [6, 6.07) is 10.7. The second-order valence-electron chi connectivity index (χ2n) is 8.81. The standard InChI is InChI=1S/C28H28N2O7S/c1-6-36-27(34)23-16(4)29-28-30(24(23)19-11-12-20(37-15(2)3)21(14-19)35-5)25(31)22(38-28)13-17-7-9-18(10-8-17)26(32)33/h7-15,24H,6H2,1-5H3,(H,32,33)/b22-13-/t24-/m1/s1. The third kappa shape index (κ3) is 5.26. The summed E-state index contributed by atoms with van der Waals surface area (Å²) in [6.07, 6.45) is 1.60. The van der Waals surface area contributed by atoms with Gasteiger partial charge in [0.1, 0.15) is 0 Å². The lowest BCUT2D eigenvalue weighted by atomic mass is 9.95. The van der Waals surface area contributed by atoms with Gasteiger partial charge in [0.25, 0.3) is 5.56 Å². The molecule has 0 radical (unpaired) electrons. The maximum absolute atomic E-state index is 13.7. The molecule has 38 heavy (non-hydrogen) atoms. The first-order valence-electron chi connectivity index (χ1n) is 12.0. The Hall–Kier alpha value is -4.18. The number of ether oxygens (including phenoxy) is 3. The van der Waals surface area contributed by atoms with Gasteiger partial charge in [-0.1, -0.05) is 29.5 Å². The SMILES string of the molecule is CCOC(=O)C1=C(C)N=c2s/c(=C\c3ccc(C(=O)O)cc3)c(=O)n2[C@@H]1c1ccc(OC(C)C)c(OC)c1. The number of nitrogens with zero attached hydrogens (tertiary/aromatic N) is 2. The Bertz CT molecular complexity index is 1600. The number of hydrogen-bond acceptors (Lipinski definition) is 8. The molecule has 10 heteroatoms. The third-order valence-electron chi connectivity index (χ3n) is 5.84. The number of benzene rings is 2. The van der Waals surface area contributed by atoms with Crippen molar-refractivity contribution in [3.8, 4) is 11.5 Å². The number of esters is 1. The van der Waals surface area contributed by atoms with Crippen molar-refractivity contribution < 1.29 is 28.9 Å². The van der Waals surface area contributed by atoms with Crippen LogP contribution in [0.4, 0.5) is 0 Å². The Morgan fingerprint density at radius 1 is 1.16 bits per heavy atom. The zero-order valence-electron chi connectivity index (χ0n) is 21.7. The van der Waals surface area contributed by atoms with Crippen LogP contribution >= 0.6 is 11.3 Å². The van der Waals surface area contributed by atoms with E-state index >= 15 is 0 Å². The summed E-state index contributed by atoms with van der Waals surface area (Å²) in [5.74, 6) is -0.576. The summed E-state index contributed by atoms with van der Waals surface area (Å²) in [7, 11) is 1.53. The van der Waals surface area contributed by atoms with Crippen LogP contribution in [0.3, 0.4) is 0 Å². The molecule has 3 aromatic rings. The number of thiazole rings is 1. The van der Waals surface area contributed by atoms with Crippen molar-refractivity contribution in [1.82, 2.24) is 4.57 Å². The largest absolute Gasteiger partial charge is 0.493 e. The zero-order valence-corrected chi connectivity index (χ0v) is 22.5. The number of aromatic carboxylic acids is 1. The third-order valence-corrected chi connectivity index (χ3v) is 6.82. The Morgan fingerprint density at radius 3 is 2.47 bits per heavy atom. The molecule has 1 aliphatic rings. The molecule has 2 aromatic carbocycles. The average molecular weight is 537 g/mol. The molecule has 9 nitrogen and oxygen atoms in total. The molecule has 2 heterocycles. The van der Waals surface area contributed by atoms with Crippen LogP contribution in [-0.2, 0) is 9.53 Å². The summed E-state index contributed by atoms with van der Waals surface area (Å²) in [5, 5.41) is 9.15. The zero-order chi connectivity index (χ0) is 27.6. The second-order valence-corrected chi connectivity index (χ2v) is 9.82. The Morgan fingerprint density at radius 2 is 1.87 bits per heavy atom. The highest BCUT2D eigenvalue weighted by atomic mass is 32.1. The highest BCUT2D eigenvalue weighted by Crippen LogP contribution is 2.36. The van der Waals surface area contributed by atoms with Crippen molar-refractivity contribution in [2.75, 3.05) is 13.7 Å². The van der Waals surface area contributed by atoms with Crippen LogP contribution in [0.25, 0.3) is 6.08 Å². The first-order chi connectivity index (χ1) is 18.1. The normalized spacial score (nSPS) is 15.2. The number of rotatable bonds is 8. The molecular formula is C28H28N2O7S. The summed E-state index contributed by atoms with van der Waals surface area (Å²) in [6.45, 7) is 7.42. The van der Waals surface area contributed by atoms with Gasteiger partial charge in [-0.25, -0.2) is 14.6 Å². The van der Waals surface area contributed by atoms with Crippen molar-refractivity contribution in [2.24, 2.45) is 4.99 Å². The molecule has 0 saturated carbocycles. The van der Waals surface area contributed by atoms with Gasteiger partial charge in [0.15, 0.2) is 16.3 Å². The van der Waals surface area contributed by atoms with E-state index in [1.807, 2.05) is 13.8 Å². The topological polar surface area (TPSA) is 116 Å². The molecule has 198 valence electrons. The Balaban J connectivity index is 1.91. The second kappa shape index (κ2) is 11.1. The highest BCUT2D eigenvalue weighted by molar-refractivity contribution is 7.07. The first kappa shape index (κ1) is 26.9. The van der Waals surface area contributed by atoms with E-state index in [1.165, 1.54) is 35.1 Å². The molecule has 0 unspecified atom stereocenters. The molecule has 0 aliphatic carbocycles. The molecule has 1 aliphatic heterocycles. The fourth-order valence-electron chi connectivity index (χ4n) is 4.19. The van der Waals surface area contributed by atoms with E-state index < -0.39 is 18.0 Å². The van der Waals surface area contributed by atoms with Gasteiger partial charge < -0.3 is 19.3 Å². The van der Waals surface area contributed by atoms with Crippen molar-refractivity contribution in [3.05, 3.63) is 90.1 Å². The minimum Gasteiger partial charge on any atom is -0.493 e. The van der Waals surface area contributed by atoms with Crippen LogP contribution in [0, 0.1) is 0 Å². The van der Waals surface area contributed by atoms with Gasteiger partial charge >= 0.3 is 11.9 Å². The molecule has 1 aromatic heterocycles. The maximum atomic E-state index is 13.7. The quantitative estimate of drug-likeness (QED) is 0.439. The summed E-state index contributed by atoms with van der Waals surface area (Å²) in [5.41, 5.74) is 1.82. The summed E-state index contributed by atoms with van der Waals surface area (Å²) < 4.78 is 18.6. The van der Waals surface area contributed by atoms with E-state index in [4.69, 9.17) is 19.3 Å². The van der Waals surface area contributed by atoms with E-state index in [0.717, 1.165) is 0 Å². The van der Waals surface area contributed by atoms with Crippen LogP contribution in [0.15, 0.2) is 63.5 Å². The maximum Gasteiger partial charge on any atom is 0.338 e. The van der Waals surface area contributed by atoms with E-state index in [2.05, 4.69) is 4.99 Å². The van der Waals surface area contributed by atoms with Gasteiger partial charge in [0.2, 0.25) is 0 Å². The predicted octanol–water partition coefficient (Wildman–Crippen LogP) is 3.29. The molecule has 1 atom stereocenters. The average Bonchev–Trinajstić information content (AvgIpc) is 3.17. The van der Waals surface area contributed by atoms with Gasteiger partial charge in [-0.15, -0.1) is 0 Å². The Labute approximate surface area is 222 Å². The molecular weight excluding hydrogens is 508 g/mol. The Kier molecular flexibility index (Phi) is 7.82. The number of carbonyl (C=O) groups is 2. The monoisotopic (exact) mass is 536 g/mol. The first-order valence-corrected chi connectivity index (χ1v) is 12.8. The molecule has 0 saturated heterocycles. The summed E-state index contributed by atoms with van der Waals surface area (Å²) >= 11 is 1.19. The predicted molar refractivity (Wildman–Crippen MR) is 143 cm³/mol.